The number of carbonyl (C=O) groups is 1. The van der Waals surface area contributed by atoms with Gasteiger partial charge < -0.3 is 19.4 Å². The number of methoxy groups -OCH3 is 1. The van der Waals surface area contributed by atoms with Crippen LogP contribution in [0.1, 0.15) is 35.9 Å². The van der Waals surface area contributed by atoms with Gasteiger partial charge in [0.05, 0.1) is 7.11 Å². The SMILES string of the molecule is COc1ccc2c(C)c(C(=O)NC(C)CN3CCCC3)oc2c1. The van der Waals surface area contributed by atoms with E-state index in [2.05, 4.69) is 10.2 Å². The van der Waals surface area contributed by atoms with Crippen LogP contribution in [-0.4, -0.2) is 43.6 Å². The molecular formula is C18H24N2O3. The molecule has 1 N–H and O–H groups in total. The highest BCUT2D eigenvalue weighted by Crippen LogP contribution is 2.28. The van der Waals surface area contributed by atoms with Crippen molar-refractivity contribution in [3.8, 4) is 5.75 Å². The van der Waals surface area contributed by atoms with Crippen molar-refractivity contribution in [1.29, 1.82) is 0 Å². The lowest BCUT2D eigenvalue weighted by molar-refractivity contribution is 0.0905. The Morgan fingerprint density at radius 1 is 1.39 bits per heavy atom. The van der Waals surface area contributed by atoms with Gasteiger partial charge in [0.2, 0.25) is 0 Å². The molecule has 1 amide bonds. The molecule has 124 valence electrons. The Morgan fingerprint density at radius 2 is 2.13 bits per heavy atom. The number of likely N-dealkylation sites (tertiary alicyclic amines) is 1. The van der Waals surface area contributed by atoms with Crippen molar-refractivity contribution in [3.05, 3.63) is 29.5 Å². The van der Waals surface area contributed by atoms with Crippen LogP contribution in [0.2, 0.25) is 0 Å². The molecule has 2 heterocycles. The summed E-state index contributed by atoms with van der Waals surface area (Å²) >= 11 is 0. The van der Waals surface area contributed by atoms with Crippen LogP contribution in [0.25, 0.3) is 11.0 Å². The average molecular weight is 316 g/mol. The van der Waals surface area contributed by atoms with Crippen LogP contribution in [0, 0.1) is 6.92 Å². The maximum absolute atomic E-state index is 12.5. The van der Waals surface area contributed by atoms with E-state index in [1.807, 2.05) is 32.0 Å². The molecule has 1 aliphatic rings. The van der Waals surface area contributed by atoms with Gasteiger partial charge in [0.15, 0.2) is 5.76 Å². The highest BCUT2D eigenvalue weighted by molar-refractivity contribution is 5.99. The Balaban J connectivity index is 1.73. The number of fused-ring (bicyclic) bond motifs is 1. The van der Waals surface area contributed by atoms with Crippen LogP contribution in [0.4, 0.5) is 0 Å². The molecule has 1 fully saturated rings. The highest BCUT2D eigenvalue weighted by Gasteiger charge is 2.21. The molecule has 23 heavy (non-hydrogen) atoms. The molecule has 0 spiro atoms. The van der Waals surface area contributed by atoms with Gasteiger partial charge in [-0.25, -0.2) is 0 Å². The van der Waals surface area contributed by atoms with Gasteiger partial charge in [-0.2, -0.15) is 0 Å². The summed E-state index contributed by atoms with van der Waals surface area (Å²) in [5, 5.41) is 4.00. The molecule has 0 radical (unpaired) electrons. The van der Waals surface area contributed by atoms with Crippen molar-refractivity contribution in [2.24, 2.45) is 0 Å². The van der Waals surface area contributed by atoms with Crippen LogP contribution < -0.4 is 10.1 Å². The van der Waals surface area contributed by atoms with Crippen LogP contribution in [0.3, 0.4) is 0 Å². The molecular weight excluding hydrogens is 292 g/mol. The van der Waals surface area contributed by atoms with Gasteiger partial charge in [0.1, 0.15) is 11.3 Å². The number of nitrogens with one attached hydrogen (secondary N) is 1. The Kier molecular flexibility index (Phi) is 4.57. The standard InChI is InChI=1S/C18H24N2O3/c1-12(11-20-8-4-5-9-20)19-18(21)17-13(2)15-7-6-14(22-3)10-16(15)23-17/h6-7,10,12H,4-5,8-9,11H2,1-3H3,(H,19,21). The third-order valence-corrected chi connectivity index (χ3v) is 4.46. The molecule has 1 aromatic carbocycles. The van der Waals surface area contributed by atoms with Gasteiger partial charge in [-0.1, -0.05) is 0 Å². The number of hydrogen-bond acceptors (Lipinski definition) is 4. The fraction of sp³-hybridized carbons (Fsp3) is 0.500. The number of rotatable bonds is 5. The minimum Gasteiger partial charge on any atom is -0.497 e. The van der Waals surface area contributed by atoms with Crippen LogP contribution in [-0.2, 0) is 0 Å². The first-order chi connectivity index (χ1) is 11.1. The van der Waals surface area contributed by atoms with Crippen LogP contribution >= 0.6 is 0 Å². The van der Waals surface area contributed by atoms with Gasteiger partial charge in [0.25, 0.3) is 5.91 Å². The minimum atomic E-state index is -0.149. The second-order valence-corrected chi connectivity index (χ2v) is 6.30. The lowest BCUT2D eigenvalue weighted by Gasteiger charge is -2.20. The highest BCUT2D eigenvalue weighted by atomic mass is 16.5. The van der Waals surface area contributed by atoms with Crippen molar-refractivity contribution in [1.82, 2.24) is 10.2 Å². The quantitative estimate of drug-likeness (QED) is 0.921. The van der Waals surface area contributed by atoms with Crippen molar-refractivity contribution in [3.63, 3.8) is 0 Å². The third-order valence-electron chi connectivity index (χ3n) is 4.46. The van der Waals surface area contributed by atoms with Gasteiger partial charge in [-0.15, -0.1) is 0 Å². The van der Waals surface area contributed by atoms with Crippen molar-refractivity contribution in [2.45, 2.75) is 32.7 Å². The van der Waals surface area contributed by atoms with E-state index in [1.54, 1.807) is 7.11 Å². The number of carbonyl (C=O) groups excluding carboxylic acids is 1. The molecule has 3 rings (SSSR count). The maximum atomic E-state index is 12.5. The first-order valence-electron chi connectivity index (χ1n) is 8.19. The summed E-state index contributed by atoms with van der Waals surface area (Å²) < 4.78 is 11.0. The topological polar surface area (TPSA) is 54.7 Å². The summed E-state index contributed by atoms with van der Waals surface area (Å²) in [7, 11) is 1.62. The van der Waals surface area contributed by atoms with Gasteiger partial charge >= 0.3 is 0 Å². The number of nitrogens with zero attached hydrogens (tertiary/aromatic N) is 1. The Morgan fingerprint density at radius 3 is 2.83 bits per heavy atom. The molecule has 0 bridgehead atoms. The monoisotopic (exact) mass is 316 g/mol. The molecule has 1 unspecified atom stereocenters. The largest absolute Gasteiger partial charge is 0.497 e. The van der Waals surface area contributed by atoms with E-state index in [1.165, 1.54) is 12.8 Å². The van der Waals surface area contributed by atoms with E-state index in [-0.39, 0.29) is 11.9 Å². The van der Waals surface area contributed by atoms with E-state index in [0.29, 0.717) is 11.3 Å². The van der Waals surface area contributed by atoms with E-state index < -0.39 is 0 Å². The zero-order valence-electron chi connectivity index (χ0n) is 14.0. The number of ether oxygens (including phenoxy) is 1. The minimum absolute atomic E-state index is 0.0998. The predicted molar refractivity (Wildman–Crippen MR) is 90.1 cm³/mol. The molecule has 2 aromatic rings. The summed E-state index contributed by atoms with van der Waals surface area (Å²) in [6.07, 6.45) is 2.51. The number of furan rings is 1. The molecule has 5 nitrogen and oxygen atoms in total. The van der Waals surface area contributed by atoms with E-state index in [4.69, 9.17) is 9.15 Å². The number of amides is 1. The van der Waals surface area contributed by atoms with Gasteiger partial charge in [0, 0.05) is 29.6 Å². The molecule has 1 atom stereocenters. The molecule has 1 aliphatic heterocycles. The maximum Gasteiger partial charge on any atom is 0.287 e. The average Bonchev–Trinajstić information content (AvgIpc) is 3.15. The Labute approximate surface area is 136 Å². The van der Waals surface area contributed by atoms with Crippen molar-refractivity contribution in [2.75, 3.05) is 26.7 Å². The summed E-state index contributed by atoms with van der Waals surface area (Å²) in [5.41, 5.74) is 1.55. The zero-order valence-corrected chi connectivity index (χ0v) is 14.0. The second kappa shape index (κ2) is 6.62. The van der Waals surface area contributed by atoms with E-state index in [0.717, 1.165) is 36.3 Å². The second-order valence-electron chi connectivity index (χ2n) is 6.30. The molecule has 1 aromatic heterocycles. The summed E-state index contributed by atoms with van der Waals surface area (Å²) in [6.45, 7) is 7.10. The van der Waals surface area contributed by atoms with Gasteiger partial charge in [-0.3, -0.25) is 4.79 Å². The zero-order chi connectivity index (χ0) is 16.4. The van der Waals surface area contributed by atoms with E-state index >= 15 is 0 Å². The smallest absolute Gasteiger partial charge is 0.287 e. The third kappa shape index (κ3) is 3.34. The summed E-state index contributed by atoms with van der Waals surface area (Å²) in [5.74, 6) is 0.964. The van der Waals surface area contributed by atoms with Gasteiger partial charge in [-0.05, 0) is 51.9 Å². The molecule has 5 heteroatoms. The Hall–Kier alpha value is -2.01. The number of aryl methyl sites for hydroxylation is 1. The van der Waals surface area contributed by atoms with Crippen LogP contribution in [0.5, 0.6) is 5.75 Å². The lowest BCUT2D eigenvalue weighted by atomic mass is 10.1. The number of hydrogen-bond donors (Lipinski definition) is 1. The normalized spacial score (nSPS) is 16.7. The molecule has 0 saturated carbocycles. The molecule has 0 aliphatic carbocycles. The fourth-order valence-electron chi connectivity index (χ4n) is 3.24. The summed E-state index contributed by atoms with van der Waals surface area (Å²) in [6, 6.07) is 5.72. The lowest BCUT2D eigenvalue weighted by Crippen LogP contribution is -2.41. The fourth-order valence-corrected chi connectivity index (χ4v) is 3.24. The summed E-state index contributed by atoms with van der Waals surface area (Å²) in [4.78, 5) is 14.9. The van der Waals surface area contributed by atoms with Crippen molar-refractivity contribution < 1.29 is 13.9 Å². The van der Waals surface area contributed by atoms with E-state index in [9.17, 15) is 4.79 Å². The molecule has 1 saturated heterocycles. The number of benzene rings is 1. The predicted octanol–water partition coefficient (Wildman–Crippen LogP) is 2.96. The van der Waals surface area contributed by atoms with Crippen molar-refractivity contribution >= 4 is 16.9 Å². The van der Waals surface area contributed by atoms with Crippen LogP contribution in [0.15, 0.2) is 22.6 Å². The Bertz CT molecular complexity index is 702. The first-order valence-corrected chi connectivity index (χ1v) is 8.19. The first kappa shape index (κ1) is 15.9.